The van der Waals surface area contributed by atoms with Crippen molar-refractivity contribution in [3.8, 4) is 0 Å². The summed E-state index contributed by atoms with van der Waals surface area (Å²) in [6, 6.07) is 0. The highest BCUT2D eigenvalue weighted by Gasteiger charge is 2.19. The minimum Gasteiger partial charge on any atom is -0.391 e. The number of nitrogens with zero attached hydrogens (tertiary/aromatic N) is 7. The molecule has 2 aromatic rings. The highest BCUT2D eigenvalue weighted by Crippen LogP contribution is 2.21. The third-order valence-corrected chi connectivity index (χ3v) is 4.53. The Labute approximate surface area is 156 Å². The Balaban J connectivity index is 1.71. The van der Waals surface area contributed by atoms with Gasteiger partial charge in [0, 0.05) is 32.4 Å². The van der Waals surface area contributed by atoms with Crippen LogP contribution in [0, 0.1) is 0 Å². The smallest absolute Gasteiger partial charge is 0.226 e. The molecule has 0 amide bonds. The van der Waals surface area contributed by atoms with Gasteiger partial charge in [0.05, 0.1) is 51.5 Å². The normalized spacial score (nSPS) is 18.6. The average molecular weight is 373 g/mol. The zero-order valence-corrected chi connectivity index (χ0v) is 15.1. The maximum atomic E-state index is 8.98. The molecule has 4 heterocycles. The van der Waals surface area contributed by atoms with Gasteiger partial charge in [-0.3, -0.25) is 4.99 Å². The molecule has 10 heteroatoms. The first kappa shape index (κ1) is 18.0. The molecular weight excluding hydrogens is 350 g/mol. The third kappa shape index (κ3) is 4.12. The lowest BCUT2D eigenvalue weighted by atomic mass is 10.3. The van der Waals surface area contributed by atoms with E-state index in [4.69, 9.17) is 24.5 Å². The Hall–Kier alpha value is -2.43. The van der Waals surface area contributed by atoms with Crippen molar-refractivity contribution >= 4 is 29.1 Å². The number of rotatable bonds is 5. The van der Waals surface area contributed by atoms with Crippen LogP contribution in [0.15, 0.2) is 11.2 Å². The van der Waals surface area contributed by atoms with Crippen LogP contribution >= 0.6 is 0 Å². The van der Waals surface area contributed by atoms with Crippen LogP contribution in [0.25, 0.3) is 11.0 Å². The topological polar surface area (TPSA) is 109 Å². The Morgan fingerprint density at radius 1 is 0.963 bits per heavy atom. The highest BCUT2D eigenvalue weighted by molar-refractivity contribution is 5.78. The van der Waals surface area contributed by atoms with E-state index in [1.54, 1.807) is 6.20 Å². The molecule has 2 saturated heterocycles. The number of hydrogen-bond acceptors (Lipinski definition) is 10. The number of morpholine rings is 2. The Kier molecular flexibility index (Phi) is 5.66. The van der Waals surface area contributed by atoms with E-state index < -0.39 is 0 Å². The molecule has 2 aliphatic heterocycles. The number of aliphatic hydroxyl groups is 1. The summed E-state index contributed by atoms with van der Waals surface area (Å²) < 4.78 is 10.8. The van der Waals surface area contributed by atoms with Crippen molar-refractivity contribution in [1.29, 1.82) is 0 Å². The van der Waals surface area contributed by atoms with Gasteiger partial charge in [-0.05, 0) is 0 Å². The van der Waals surface area contributed by atoms with Crippen LogP contribution in [-0.2, 0) is 16.0 Å². The summed E-state index contributed by atoms with van der Waals surface area (Å²) in [6.07, 6.45) is 3.21. The number of anilines is 2. The van der Waals surface area contributed by atoms with Gasteiger partial charge in [0.2, 0.25) is 11.9 Å². The molecule has 1 N–H and O–H groups in total. The number of aliphatic hydroxyl groups excluding tert-OH is 1. The SMILES string of the molecule is OCC=NCc1nc(N2CCOCC2)nc2cnc(N3CCOCC3)nc12. The van der Waals surface area contributed by atoms with Crippen molar-refractivity contribution in [2.75, 3.05) is 69.0 Å². The minimum atomic E-state index is -0.104. The van der Waals surface area contributed by atoms with Crippen molar-refractivity contribution in [1.82, 2.24) is 19.9 Å². The van der Waals surface area contributed by atoms with E-state index in [2.05, 4.69) is 24.8 Å². The van der Waals surface area contributed by atoms with Gasteiger partial charge in [-0.1, -0.05) is 0 Å². The molecule has 0 aliphatic carbocycles. The zero-order chi connectivity index (χ0) is 18.5. The monoisotopic (exact) mass is 373 g/mol. The third-order valence-electron chi connectivity index (χ3n) is 4.53. The quantitative estimate of drug-likeness (QED) is 0.704. The van der Waals surface area contributed by atoms with Crippen molar-refractivity contribution in [2.45, 2.75) is 6.54 Å². The Bertz CT molecular complexity index is 804. The van der Waals surface area contributed by atoms with Gasteiger partial charge in [0.1, 0.15) is 11.0 Å². The molecule has 2 aromatic heterocycles. The standard InChI is InChI=1S/C17H23N7O3/c25-6-1-18-11-13-15-14(21-17(20-13)24-4-9-27-10-5-24)12-19-16(22-15)23-2-7-26-8-3-23/h1,12,25H,2-11H2. The average Bonchev–Trinajstić information content (AvgIpc) is 2.74. The van der Waals surface area contributed by atoms with Crippen LogP contribution in [-0.4, -0.2) is 90.5 Å². The predicted molar refractivity (Wildman–Crippen MR) is 100 cm³/mol. The first-order valence-corrected chi connectivity index (χ1v) is 9.13. The summed E-state index contributed by atoms with van der Waals surface area (Å²) in [4.78, 5) is 27.0. The molecule has 0 bridgehead atoms. The van der Waals surface area contributed by atoms with E-state index in [0.717, 1.165) is 31.9 Å². The lowest BCUT2D eigenvalue weighted by Crippen LogP contribution is -2.38. The van der Waals surface area contributed by atoms with Crippen LogP contribution < -0.4 is 9.80 Å². The molecule has 0 saturated carbocycles. The summed E-state index contributed by atoms with van der Waals surface area (Å²) in [5.74, 6) is 1.30. The summed E-state index contributed by atoms with van der Waals surface area (Å²) in [6.45, 7) is 5.90. The molecule has 0 spiro atoms. The molecule has 0 atom stereocenters. The number of ether oxygens (including phenoxy) is 2. The van der Waals surface area contributed by atoms with E-state index in [9.17, 15) is 0 Å². The van der Waals surface area contributed by atoms with Gasteiger partial charge in [-0.15, -0.1) is 0 Å². The summed E-state index contributed by atoms with van der Waals surface area (Å²) >= 11 is 0. The van der Waals surface area contributed by atoms with Crippen LogP contribution in [0.1, 0.15) is 5.69 Å². The predicted octanol–water partition coefficient (Wildman–Crippen LogP) is -0.344. The van der Waals surface area contributed by atoms with E-state index in [1.165, 1.54) is 6.21 Å². The second kappa shape index (κ2) is 8.51. The van der Waals surface area contributed by atoms with Crippen LogP contribution in [0.5, 0.6) is 0 Å². The molecule has 0 radical (unpaired) electrons. The zero-order valence-electron chi connectivity index (χ0n) is 15.1. The van der Waals surface area contributed by atoms with Gasteiger partial charge in [0.15, 0.2) is 0 Å². The molecule has 4 rings (SSSR count). The number of aromatic nitrogens is 4. The van der Waals surface area contributed by atoms with Gasteiger partial charge < -0.3 is 24.4 Å². The number of aliphatic imine (C=N–C) groups is 1. The van der Waals surface area contributed by atoms with Crippen molar-refractivity contribution in [3.63, 3.8) is 0 Å². The fourth-order valence-electron chi connectivity index (χ4n) is 3.11. The van der Waals surface area contributed by atoms with Crippen molar-refractivity contribution in [3.05, 3.63) is 11.9 Å². The van der Waals surface area contributed by atoms with Crippen LogP contribution in [0.4, 0.5) is 11.9 Å². The molecule has 0 aromatic carbocycles. The lowest BCUT2D eigenvalue weighted by Gasteiger charge is -2.28. The van der Waals surface area contributed by atoms with E-state index in [0.29, 0.717) is 55.9 Å². The molecule has 2 aliphatic rings. The first-order chi connectivity index (χ1) is 13.3. The van der Waals surface area contributed by atoms with E-state index in [1.807, 2.05) is 0 Å². The molecule has 0 unspecified atom stereocenters. The van der Waals surface area contributed by atoms with Gasteiger partial charge >= 0.3 is 0 Å². The van der Waals surface area contributed by atoms with Crippen LogP contribution in [0.2, 0.25) is 0 Å². The second-order valence-electron chi connectivity index (χ2n) is 6.28. The summed E-state index contributed by atoms with van der Waals surface area (Å²) in [5, 5.41) is 8.98. The summed E-state index contributed by atoms with van der Waals surface area (Å²) in [5.41, 5.74) is 2.11. The molecular formula is C17H23N7O3. The first-order valence-electron chi connectivity index (χ1n) is 9.13. The maximum Gasteiger partial charge on any atom is 0.226 e. The Morgan fingerprint density at radius 3 is 2.30 bits per heavy atom. The van der Waals surface area contributed by atoms with Gasteiger partial charge in [0.25, 0.3) is 0 Å². The summed E-state index contributed by atoms with van der Waals surface area (Å²) in [7, 11) is 0. The van der Waals surface area contributed by atoms with E-state index >= 15 is 0 Å². The molecule has 10 nitrogen and oxygen atoms in total. The van der Waals surface area contributed by atoms with E-state index in [-0.39, 0.29) is 6.61 Å². The number of fused-ring (bicyclic) bond motifs is 1. The largest absolute Gasteiger partial charge is 0.391 e. The van der Waals surface area contributed by atoms with Crippen molar-refractivity contribution in [2.24, 2.45) is 4.99 Å². The second-order valence-corrected chi connectivity index (χ2v) is 6.28. The lowest BCUT2D eigenvalue weighted by molar-refractivity contribution is 0.122. The minimum absolute atomic E-state index is 0.104. The molecule has 144 valence electrons. The van der Waals surface area contributed by atoms with Crippen molar-refractivity contribution < 1.29 is 14.6 Å². The molecule has 2 fully saturated rings. The van der Waals surface area contributed by atoms with Gasteiger partial charge in [-0.25, -0.2) is 19.9 Å². The maximum absolute atomic E-state index is 8.98. The fraction of sp³-hybridized carbons (Fsp3) is 0.588. The van der Waals surface area contributed by atoms with Crippen LogP contribution in [0.3, 0.4) is 0 Å². The molecule has 27 heavy (non-hydrogen) atoms. The van der Waals surface area contributed by atoms with Gasteiger partial charge in [-0.2, -0.15) is 0 Å². The fourth-order valence-corrected chi connectivity index (χ4v) is 3.11. The highest BCUT2D eigenvalue weighted by atomic mass is 16.5. The Morgan fingerprint density at radius 2 is 1.63 bits per heavy atom. The number of hydrogen-bond donors (Lipinski definition) is 1.